The van der Waals surface area contributed by atoms with Crippen molar-refractivity contribution < 1.29 is 19.0 Å². The van der Waals surface area contributed by atoms with Crippen molar-refractivity contribution in [3.63, 3.8) is 0 Å². The molecular formula is C20H18FN3O3. The van der Waals surface area contributed by atoms with Crippen molar-refractivity contribution in [2.45, 2.75) is 25.4 Å². The van der Waals surface area contributed by atoms with Crippen LogP contribution in [0.3, 0.4) is 0 Å². The van der Waals surface area contributed by atoms with Gasteiger partial charge in [-0.15, -0.1) is 0 Å². The van der Waals surface area contributed by atoms with E-state index in [4.69, 9.17) is 4.74 Å². The number of halogens is 1. The number of ether oxygens (including phenoxy) is 1. The van der Waals surface area contributed by atoms with Crippen molar-refractivity contribution >= 4 is 5.97 Å². The van der Waals surface area contributed by atoms with Crippen LogP contribution in [0.15, 0.2) is 54.9 Å². The second-order valence-corrected chi connectivity index (χ2v) is 6.63. The maximum atomic E-state index is 13.3. The van der Waals surface area contributed by atoms with Gasteiger partial charge in [0, 0.05) is 12.3 Å². The highest BCUT2D eigenvalue weighted by atomic mass is 19.1. The average molecular weight is 367 g/mol. The first-order valence-corrected chi connectivity index (χ1v) is 8.76. The Balaban J connectivity index is 1.63. The quantitative estimate of drug-likeness (QED) is 0.682. The maximum Gasteiger partial charge on any atom is 0.335 e. The molecule has 1 atom stereocenters. The van der Waals surface area contributed by atoms with Gasteiger partial charge in [0.05, 0.1) is 11.8 Å². The van der Waals surface area contributed by atoms with Crippen LogP contribution in [0, 0.1) is 11.7 Å². The fraction of sp³-hybridized carbons (Fsp3) is 0.250. The van der Waals surface area contributed by atoms with Gasteiger partial charge in [0.25, 0.3) is 0 Å². The van der Waals surface area contributed by atoms with Gasteiger partial charge in [-0.3, -0.25) is 0 Å². The Morgan fingerprint density at radius 2 is 2.00 bits per heavy atom. The van der Waals surface area contributed by atoms with Gasteiger partial charge in [-0.25, -0.2) is 14.2 Å². The molecule has 138 valence electrons. The van der Waals surface area contributed by atoms with E-state index in [1.54, 1.807) is 24.4 Å². The molecule has 2 aromatic heterocycles. The molecule has 4 rings (SSSR count). The van der Waals surface area contributed by atoms with Gasteiger partial charge >= 0.3 is 5.97 Å². The average Bonchev–Trinajstić information content (AvgIpc) is 3.37. The van der Waals surface area contributed by atoms with Gasteiger partial charge in [-0.2, -0.15) is 9.78 Å². The number of benzene rings is 1. The molecule has 0 spiro atoms. The van der Waals surface area contributed by atoms with Crippen LogP contribution in [0.2, 0.25) is 0 Å². The topological polar surface area (TPSA) is 77.2 Å². The lowest BCUT2D eigenvalue weighted by atomic mass is 10.0. The number of nitrogens with zero attached hydrogens (tertiary/aromatic N) is 3. The largest absolute Gasteiger partial charge is 0.478 e. The van der Waals surface area contributed by atoms with Gasteiger partial charge < -0.3 is 9.84 Å². The Morgan fingerprint density at radius 3 is 2.70 bits per heavy atom. The van der Waals surface area contributed by atoms with E-state index < -0.39 is 5.97 Å². The van der Waals surface area contributed by atoms with Crippen molar-refractivity contribution in [3.8, 4) is 11.7 Å². The number of aromatic nitrogens is 3. The summed E-state index contributed by atoms with van der Waals surface area (Å²) in [5.74, 6) is 0.0962. The van der Waals surface area contributed by atoms with Crippen LogP contribution in [-0.4, -0.2) is 25.8 Å². The summed E-state index contributed by atoms with van der Waals surface area (Å²) >= 11 is 0. The van der Waals surface area contributed by atoms with E-state index in [2.05, 4.69) is 10.1 Å². The molecule has 7 heteroatoms. The highest BCUT2D eigenvalue weighted by Crippen LogP contribution is 2.39. The van der Waals surface area contributed by atoms with E-state index in [0.717, 1.165) is 12.0 Å². The summed E-state index contributed by atoms with van der Waals surface area (Å²) in [4.78, 5) is 15.4. The van der Waals surface area contributed by atoms with Crippen molar-refractivity contribution in [1.29, 1.82) is 0 Å². The number of rotatable bonds is 7. The smallest absolute Gasteiger partial charge is 0.335 e. The summed E-state index contributed by atoms with van der Waals surface area (Å²) in [7, 11) is 0. The zero-order valence-corrected chi connectivity index (χ0v) is 14.5. The fourth-order valence-electron chi connectivity index (χ4n) is 2.95. The van der Waals surface area contributed by atoms with Crippen molar-refractivity contribution in [3.05, 3.63) is 71.8 Å². The molecular weight excluding hydrogens is 349 g/mol. The van der Waals surface area contributed by atoms with E-state index >= 15 is 0 Å². The molecule has 0 saturated heterocycles. The van der Waals surface area contributed by atoms with Gasteiger partial charge in [-0.1, -0.05) is 25.0 Å². The second-order valence-electron chi connectivity index (χ2n) is 6.63. The van der Waals surface area contributed by atoms with E-state index in [1.165, 1.54) is 48.0 Å². The summed E-state index contributed by atoms with van der Waals surface area (Å²) in [6, 6.07) is 10.9. The minimum absolute atomic E-state index is 0.120. The van der Waals surface area contributed by atoms with Crippen molar-refractivity contribution in [1.82, 2.24) is 14.8 Å². The first-order chi connectivity index (χ1) is 13.1. The number of carboxylic acid groups (broad SMARTS) is 1. The third kappa shape index (κ3) is 3.97. The Bertz CT molecular complexity index is 951. The van der Waals surface area contributed by atoms with Gasteiger partial charge in [-0.05, 0) is 42.2 Å². The highest BCUT2D eigenvalue weighted by molar-refractivity contribution is 5.87. The summed E-state index contributed by atoms with van der Waals surface area (Å²) < 4.78 is 21.0. The molecule has 1 N–H and O–H groups in total. The highest BCUT2D eigenvalue weighted by Gasteiger charge is 2.28. The molecule has 0 unspecified atom stereocenters. The van der Waals surface area contributed by atoms with Gasteiger partial charge in [0.2, 0.25) is 5.88 Å². The van der Waals surface area contributed by atoms with E-state index in [-0.39, 0.29) is 17.5 Å². The molecule has 3 aromatic rings. The van der Waals surface area contributed by atoms with E-state index in [9.17, 15) is 14.3 Å². The predicted octanol–water partition coefficient (Wildman–Crippen LogP) is 4.02. The molecule has 0 radical (unpaired) electrons. The van der Waals surface area contributed by atoms with Crippen molar-refractivity contribution in [2.75, 3.05) is 0 Å². The van der Waals surface area contributed by atoms with Crippen LogP contribution in [0.5, 0.6) is 5.88 Å². The lowest BCUT2D eigenvalue weighted by molar-refractivity contribution is 0.0696. The first-order valence-electron chi connectivity index (χ1n) is 8.76. The van der Waals surface area contributed by atoms with Gasteiger partial charge in [0.15, 0.2) is 5.82 Å². The van der Waals surface area contributed by atoms with E-state index in [1.807, 2.05) is 0 Å². The number of carboxylic acids is 1. The summed E-state index contributed by atoms with van der Waals surface area (Å²) in [5, 5.41) is 13.4. The number of carbonyl (C=O) groups is 1. The summed E-state index contributed by atoms with van der Waals surface area (Å²) in [5.41, 5.74) is 1.01. The van der Waals surface area contributed by atoms with Crippen LogP contribution >= 0.6 is 0 Å². The summed E-state index contributed by atoms with van der Waals surface area (Å²) in [6.07, 6.45) is 5.93. The zero-order valence-electron chi connectivity index (χ0n) is 14.5. The molecule has 2 heterocycles. The predicted molar refractivity (Wildman–Crippen MR) is 95.4 cm³/mol. The van der Waals surface area contributed by atoms with Crippen LogP contribution in [0.4, 0.5) is 4.39 Å². The van der Waals surface area contributed by atoms with Crippen LogP contribution in [-0.2, 0) is 0 Å². The SMILES string of the molecule is O=C(O)c1ccnc(-n2nccc2O[C@@H](CC2CC2)c2ccc(F)cc2)c1. The lowest BCUT2D eigenvalue weighted by Gasteiger charge is -2.20. The number of hydrogen-bond acceptors (Lipinski definition) is 4. The van der Waals surface area contributed by atoms with Crippen LogP contribution in [0.1, 0.15) is 41.3 Å². The molecule has 1 aromatic carbocycles. The maximum absolute atomic E-state index is 13.3. The Kier molecular flexibility index (Phi) is 4.58. The third-order valence-electron chi connectivity index (χ3n) is 4.57. The molecule has 1 saturated carbocycles. The molecule has 6 nitrogen and oxygen atoms in total. The van der Waals surface area contributed by atoms with E-state index in [0.29, 0.717) is 17.6 Å². The monoisotopic (exact) mass is 367 g/mol. The second kappa shape index (κ2) is 7.19. The normalized spacial score (nSPS) is 14.7. The standard InChI is InChI=1S/C20H18FN3O3/c21-16-5-3-14(4-6-16)17(11-13-1-2-13)27-19-8-10-23-24(19)18-12-15(20(25)26)7-9-22-18/h3-10,12-13,17H,1-2,11H2,(H,25,26)/t17-/m0/s1. The Labute approximate surface area is 155 Å². The molecule has 0 aliphatic heterocycles. The zero-order chi connectivity index (χ0) is 18.8. The van der Waals surface area contributed by atoms with Crippen LogP contribution in [0.25, 0.3) is 5.82 Å². The number of aromatic carboxylic acids is 1. The lowest BCUT2D eigenvalue weighted by Crippen LogP contribution is -2.12. The summed E-state index contributed by atoms with van der Waals surface area (Å²) in [6.45, 7) is 0. The van der Waals surface area contributed by atoms with Crippen LogP contribution < -0.4 is 4.74 Å². The van der Waals surface area contributed by atoms with Crippen molar-refractivity contribution in [2.24, 2.45) is 5.92 Å². The molecule has 1 fully saturated rings. The fourth-order valence-corrected chi connectivity index (χ4v) is 2.95. The minimum Gasteiger partial charge on any atom is -0.478 e. The Morgan fingerprint density at radius 1 is 1.22 bits per heavy atom. The first kappa shape index (κ1) is 17.2. The third-order valence-corrected chi connectivity index (χ3v) is 4.57. The molecule has 0 amide bonds. The van der Waals surface area contributed by atoms with Gasteiger partial charge in [0.1, 0.15) is 11.9 Å². The Hall–Kier alpha value is -3.22. The molecule has 1 aliphatic rings. The minimum atomic E-state index is -1.04. The number of pyridine rings is 1. The molecule has 27 heavy (non-hydrogen) atoms. The number of hydrogen-bond donors (Lipinski definition) is 1. The molecule has 0 bridgehead atoms. The molecule has 1 aliphatic carbocycles.